The van der Waals surface area contributed by atoms with E-state index in [0.717, 1.165) is 0 Å². The lowest BCUT2D eigenvalue weighted by atomic mass is 10.2. The third kappa shape index (κ3) is 2.19. The molecule has 1 aromatic heterocycles. The summed E-state index contributed by atoms with van der Waals surface area (Å²) in [6.45, 7) is -0.00644. The van der Waals surface area contributed by atoms with Crippen molar-refractivity contribution in [3.63, 3.8) is 0 Å². The highest BCUT2D eigenvalue weighted by molar-refractivity contribution is 5.02. The number of rotatable bonds is 3. The van der Waals surface area contributed by atoms with Crippen molar-refractivity contribution < 1.29 is 5.11 Å². The lowest BCUT2D eigenvalue weighted by Gasteiger charge is -2.03. The summed E-state index contributed by atoms with van der Waals surface area (Å²) in [4.78, 5) is 9.99. The van der Waals surface area contributed by atoms with Crippen molar-refractivity contribution in [3.05, 3.63) is 34.7 Å². The van der Waals surface area contributed by atoms with Gasteiger partial charge in [-0.2, -0.15) is 0 Å². The molecule has 0 amide bonds. The lowest BCUT2D eigenvalue weighted by Crippen LogP contribution is -2.03. The van der Waals surface area contributed by atoms with Gasteiger partial charge in [-0.1, -0.05) is 5.11 Å². The second kappa shape index (κ2) is 4.27. The van der Waals surface area contributed by atoms with Crippen molar-refractivity contribution in [3.8, 4) is 0 Å². The molecule has 1 heterocycles. The maximum absolute atomic E-state index is 9.30. The minimum atomic E-state index is -0.844. The first-order valence-corrected chi connectivity index (χ1v) is 3.29. The largest absolute Gasteiger partial charge is 0.387 e. The highest BCUT2D eigenvalue weighted by Gasteiger charge is 2.05. The third-order valence-electron chi connectivity index (χ3n) is 1.26. The molecule has 0 bridgehead atoms. The fraction of sp³-hybridized carbons (Fsp3) is 0.333. The van der Waals surface area contributed by atoms with Crippen molar-refractivity contribution in [1.29, 1.82) is 0 Å². The molecule has 6 nitrogen and oxygen atoms in total. The van der Waals surface area contributed by atoms with Gasteiger partial charge in [0.1, 0.15) is 12.4 Å². The van der Waals surface area contributed by atoms with E-state index in [2.05, 4.69) is 20.0 Å². The number of nitrogens with zero attached hydrogens (tertiary/aromatic N) is 5. The average molecular weight is 165 g/mol. The van der Waals surface area contributed by atoms with Crippen LogP contribution in [0.15, 0.2) is 23.7 Å². The van der Waals surface area contributed by atoms with Gasteiger partial charge in [0.25, 0.3) is 0 Å². The normalized spacial score (nSPS) is 11.8. The maximum atomic E-state index is 9.30. The summed E-state index contributed by atoms with van der Waals surface area (Å²) in [7, 11) is 0. The predicted molar refractivity (Wildman–Crippen MR) is 41.0 cm³/mol. The molecule has 6 heteroatoms. The Labute approximate surface area is 68.5 Å². The summed E-state index contributed by atoms with van der Waals surface area (Å²) < 4.78 is 0. The predicted octanol–water partition coefficient (Wildman–Crippen LogP) is 0.820. The van der Waals surface area contributed by atoms with Crippen LogP contribution in [0.1, 0.15) is 11.8 Å². The van der Waals surface area contributed by atoms with Crippen LogP contribution in [0.4, 0.5) is 0 Å². The molecule has 0 aliphatic rings. The Hall–Kier alpha value is -1.65. The van der Waals surface area contributed by atoms with Gasteiger partial charge in [-0.3, -0.25) is 0 Å². The molecule has 1 rings (SSSR count). The molecule has 1 unspecified atom stereocenters. The molecular weight excluding hydrogens is 158 g/mol. The van der Waals surface area contributed by atoms with E-state index in [4.69, 9.17) is 5.53 Å². The molecule has 12 heavy (non-hydrogen) atoms. The van der Waals surface area contributed by atoms with Gasteiger partial charge in [-0.15, -0.1) is 0 Å². The first kappa shape index (κ1) is 8.45. The smallest absolute Gasteiger partial charge is 0.115 e. The van der Waals surface area contributed by atoms with Gasteiger partial charge in [-0.25, -0.2) is 9.97 Å². The van der Waals surface area contributed by atoms with Gasteiger partial charge >= 0.3 is 0 Å². The minimum Gasteiger partial charge on any atom is -0.387 e. The van der Waals surface area contributed by atoms with Crippen LogP contribution in [0.5, 0.6) is 0 Å². The molecular formula is C6H7N5O. The SMILES string of the molecule is [N-]=[N+]=NCC(O)c1ccncn1. The molecule has 1 aromatic rings. The summed E-state index contributed by atoms with van der Waals surface area (Å²) in [5.41, 5.74) is 8.43. The van der Waals surface area contributed by atoms with Crippen LogP contribution in [-0.2, 0) is 0 Å². The maximum Gasteiger partial charge on any atom is 0.115 e. The van der Waals surface area contributed by atoms with Crippen molar-refractivity contribution in [2.75, 3.05) is 6.54 Å². The molecule has 1 atom stereocenters. The van der Waals surface area contributed by atoms with E-state index in [0.29, 0.717) is 5.69 Å². The van der Waals surface area contributed by atoms with Crippen molar-refractivity contribution in [2.45, 2.75) is 6.10 Å². The Morgan fingerprint density at radius 1 is 1.75 bits per heavy atom. The van der Waals surface area contributed by atoms with Crippen LogP contribution in [0.25, 0.3) is 10.4 Å². The molecule has 0 aliphatic heterocycles. The van der Waals surface area contributed by atoms with Crippen molar-refractivity contribution >= 4 is 0 Å². The Bertz CT molecular complexity index is 281. The molecule has 0 saturated carbocycles. The van der Waals surface area contributed by atoms with E-state index in [9.17, 15) is 5.11 Å². The summed E-state index contributed by atoms with van der Waals surface area (Å²) in [6.07, 6.45) is 2.00. The van der Waals surface area contributed by atoms with Gasteiger partial charge in [0.2, 0.25) is 0 Å². The highest BCUT2D eigenvalue weighted by atomic mass is 16.3. The van der Waals surface area contributed by atoms with Gasteiger partial charge in [-0.05, 0) is 11.6 Å². The van der Waals surface area contributed by atoms with Crippen LogP contribution in [0, 0.1) is 0 Å². The van der Waals surface area contributed by atoms with E-state index in [1.54, 1.807) is 6.07 Å². The first-order valence-electron chi connectivity index (χ1n) is 3.29. The fourth-order valence-electron chi connectivity index (χ4n) is 0.705. The van der Waals surface area contributed by atoms with Crippen LogP contribution < -0.4 is 0 Å². The van der Waals surface area contributed by atoms with Crippen LogP contribution in [0.3, 0.4) is 0 Å². The van der Waals surface area contributed by atoms with Crippen molar-refractivity contribution in [1.82, 2.24) is 9.97 Å². The van der Waals surface area contributed by atoms with Crippen LogP contribution >= 0.6 is 0 Å². The zero-order valence-corrected chi connectivity index (χ0v) is 6.20. The summed E-state index contributed by atoms with van der Waals surface area (Å²) in [5, 5.41) is 12.5. The number of hydrogen-bond acceptors (Lipinski definition) is 4. The molecule has 1 N–H and O–H groups in total. The van der Waals surface area contributed by atoms with E-state index >= 15 is 0 Å². The van der Waals surface area contributed by atoms with Gasteiger partial charge in [0.15, 0.2) is 0 Å². The Morgan fingerprint density at radius 2 is 2.58 bits per heavy atom. The molecule has 0 saturated heterocycles. The van der Waals surface area contributed by atoms with E-state index in [1.807, 2.05) is 0 Å². The second-order valence-corrected chi connectivity index (χ2v) is 2.06. The number of aromatic nitrogens is 2. The van der Waals surface area contributed by atoms with Gasteiger partial charge in [0.05, 0.1) is 12.2 Å². The quantitative estimate of drug-likeness (QED) is 0.408. The Kier molecular flexibility index (Phi) is 3.01. The summed E-state index contributed by atoms with van der Waals surface area (Å²) in [5.74, 6) is 0. The molecule has 0 aromatic carbocycles. The standard InChI is InChI=1S/C6H7N5O/c7-11-10-3-6(12)5-1-2-8-4-9-5/h1-2,4,6,12H,3H2. The summed E-state index contributed by atoms with van der Waals surface area (Å²) in [6, 6.07) is 1.57. The number of azide groups is 1. The van der Waals surface area contributed by atoms with Gasteiger partial charge < -0.3 is 5.11 Å². The zero-order chi connectivity index (χ0) is 8.81. The molecule has 0 fully saturated rings. The van der Waals surface area contributed by atoms with Crippen LogP contribution in [0.2, 0.25) is 0 Å². The fourth-order valence-corrected chi connectivity index (χ4v) is 0.705. The molecule has 62 valence electrons. The van der Waals surface area contributed by atoms with Crippen molar-refractivity contribution in [2.24, 2.45) is 5.11 Å². The lowest BCUT2D eigenvalue weighted by molar-refractivity contribution is 0.181. The average Bonchev–Trinajstić information content (AvgIpc) is 2.15. The molecule has 0 radical (unpaired) electrons. The van der Waals surface area contributed by atoms with E-state index < -0.39 is 6.10 Å². The number of aliphatic hydroxyl groups excluding tert-OH is 1. The monoisotopic (exact) mass is 165 g/mol. The second-order valence-electron chi connectivity index (χ2n) is 2.06. The number of hydrogen-bond donors (Lipinski definition) is 1. The highest BCUT2D eigenvalue weighted by Crippen LogP contribution is 2.07. The first-order chi connectivity index (χ1) is 5.84. The summed E-state index contributed by atoms with van der Waals surface area (Å²) >= 11 is 0. The molecule has 0 aliphatic carbocycles. The molecule has 0 spiro atoms. The Balaban J connectivity index is 2.65. The topological polar surface area (TPSA) is 94.8 Å². The zero-order valence-electron chi connectivity index (χ0n) is 6.20. The van der Waals surface area contributed by atoms with E-state index in [1.165, 1.54) is 12.5 Å². The Morgan fingerprint density at radius 3 is 3.17 bits per heavy atom. The number of aliphatic hydroxyl groups is 1. The third-order valence-corrected chi connectivity index (χ3v) is 1.26. The minimum absolute atomic E-state index is 0.00644. The van der Waals surface area contributed by atoms with Crippen LogP contribution in [-0.4, -0.2) is 21.6 Å². The van der Waals surface area contributed by atoms with Gasteiger partial charge in [0, 0.05) is 11.1 Å². The van der Waals surface area contributed by atoms with E-state index in [-0.39, 0.29) is 6.54 Å².